The third-order valence-corrected chi connectivity index (χ3v) is 3.86. The molecule has 1 aromatic rings. The zero-order valence-electron chi connectivity index (χ0n) is 12.0. The van der Waals surface area contributed by atoms with Gasteiger partial charge in [-0.05, 0) is 30.5 Å². The van der Waals surface area contributed by atoms with E-state index < -0.39 is 8.07 Å². The fraction of sp³-hybridized carbons (Fsp3) is 0.467. The first-order chi connectivity index (χ1) is 8.44. The molecule has 1 aromatic heterocycles. The number of hydrogen-bond acceptors (Lipinski definition) is 2. The molecule has 0 amide bonds. The fourth-order valence-corrected chi connectivity index (χ4v) is 3.17. The minimum Gasteiger partial charge on any atom is -0.298 e. The summed E-state index contributed by atoms with van der Waals surface area (Å²) in [5.41, 5.74) is 4.92. The predicted octanol–water partition coefficient (Wildman–Crippen LogP) is 4.44. The molecule has 0 aromatic carbocycles. The Balaban J connectivity index is 2.97. The van der Waals surface area contributed by atoms with Crippen LogP contribution in [0.5, 0.6) is 0 Å². The van der Waals surface area contributed by atoms with Crippen molar-refractivity contribution in [3.63, 3.8) is 0 Å². The van der Waals surface area contributed by atoms with E-state index in [2.05, 4.69) is 37.2 Å². The van der Waals surface area contributed by atoms with Gasteiger partial charge in [0.1, 0.15) is 0 Å². The van der Waals surface area contributed by atoms with E-state index in [0.717, 1.165) is 18.5 Å². The van der Waals surface area contributed by atoms with Gasteiger partial charge in [0, 0.05) is 6.20 Å². The van der Waals surface area contributed by atoms with Crippen molar-refractivity contribution in [2.24, 2.45) is 0 Å². The van der Waals surface area contributed by atoms with E-state index in [9.17, 15) is 0 Å². The van der Waals surface area contributed by atoms with Crippen LogP contribution in [0, 0.1) is 5.41 Å². The Morgan fingerprint density at radius 2 is 2.06 bits per heavy atom. The number of pyridine rings is 1. The molecule has 1 N–H and O–H groups in total. The smallest absolute Gasteiger partial charge is 0.0881 e. The van der Waals surface area contributed by atoms with Crippen molar-refractivity contribution in [1.82, 2.24) is 4.98 Å². The Hall–Kier alpha value is -1.22. The van der Waals surface area contributed by atoms with E-state index in [1.165, 1.54) is 12.0 Å². The summed E-state index contributed by atoms with van der Waals surface area (Å²) in [6.07, 6.45) is 5.07. The minimum atomic E-state index is -1.30. The summed E-state index contributed by atoms with van der Waals surface area (Å²) in [6.45, 7) is 9.12. The van der Waals surface area contributed by atoms with Crippen molar-refractivity contribution in [3.05, 3.63) is 41.4 Å². The van der Waals surface area contributed by atoms with Gasteiger partial charge in [0.05, 0.1) is 19.5 Å². The van der Waals surface area contributed by atoms with Crippen LogP contribution in [0.15, 0.2) is 35.7 Å². The molecule has 3 heteroatoms. The Labute approximate surface area is 112 Å². The highest BCUT2D eigenvalue weighted by Gasteiger charge is 2.15. The maximum atomic E-state index is 8.34. The number of allylic oxidation sites excluding steroid dienone is 1. The maximum Gasteiger partial charge on any atom is 0.0881 e. The van der Waals surface area contributed by atoms with Gasteiger partial charge in [-0.15, -0.1) is 0 Å². The Morgan fingerprint density at radius 3 is 2.56 bits per heavy atom. The minimum absolute atomic E-state index is 0.603. The van der Waals surface area contributed by atoms with Crippen molar-refractivity contribution < 1.29 is 0 Å². The van der Waals surface area contributed by atoms with Crippen LogP contribution in [0.25, 0.3) is 0 Å². The predicted molar refractivity (Wildman–Crippen MR) is 82.0 cm³/mol. The quantitative estimate of drug-likeness (QED) is 0.595. The summed E-state index contributed by atoms with van der Waals surface area (Å²) in [5.74, 6) is 0. The molecule has 0 aliphatic carbocycles. The first-order valence-corrected chi connectivity index (χ1v) is 10.2. The standard InChI is InChI=1S/C15H24N2Si/c1-5-6-9-13(12-18(2,3)4)15(16)14-10-7-8-11-17-14/h7-8,10-12,16H,5-6,9H2,1-4H3. The lowest BCUT2D eigenvalue weighted by molar-refractivity contribution is 0.802. The van der Waals surface area contributed by atoms with Crippen molar-refractivity contribution in [2.45, 2.75) is 45.8 Å². The van der Waals surface area contributed by atoms with Gasteiger partial charge >= 0.3 is 0 Å². The second-order valence-electron chi connectivity index (χ2n) is 5.73. The second-order valence-corrected chi connectivity index (χ2v) is 10.7. The van der Waals surface area contributed by atoms with Crippen molar-refractivity contribution in [3.8, 4) is 0 Å². The van der Waals surface area contributed by atoms with E-state index in [4.69, 9.17) is 5.41 Å². The zero-order chi connectivity index (χ0) is 13.6. The van der Waals surface area contributed by atoms with E-state index in [-0.39, 0.29) is 0 Å². The summed E-state index contributed by atoms with van der Waals surface area (Å²) in [7, 11) is -1.30. The molecule has 0 aliphatic rings. The number of rotatable bonds is 6. The molecule has 18 heavy (non-hydrogen) atoms. The third-order valence-electron chi connectivity index (χ3n) is 2.65. The molecule has 98 valence electrons. The van der Waals surface area contributed by atoms with E-state index in [1.54, 1.807) is 6.20 Å². The zero-order valence-corrected chi connectivity index (χ0v) is 13.0. The molecule has 0 atom stereocenters. The SMILES string of the molecule is CCCCC(=C[Si](C)(C)C)C(=N)c1ccccn1. The molecule has 0 aliphatic heterocycles. The fourth-order valence-electron chi connectivity index (χ4n) is 1.83. The largest absolute Gasteiger partial charge is 0.298 e. The average Bonchev–Trinajstić information content (AvgIpc) is 2.33. The summed E-state index contributed by atoms with van der Waals surface area (Å²) in [6, 6.07) is 5.76. The molecule has 0 bridgehead atoms. The lowest BCUT2D eigenvalue weighted by atomic mass is 10.0. The third kappa shape index (κ3) is 4.96. The van der Waals surface area contributed by atoms with Gasteiger partial charge < -0.3 is 0 Å². The molecule has 0 saturated carbocycles. The highest BCUT2D eigenvalue weighted by Crippen LogP contribution is 2.17. The molecule has 0 unspecified atom stereocenters. The molecule has 0 fully saturated rings. The normalized spacial score (nSPS) is 12.6. The van der Waals surface area contributed by atoms with Gasteiger partial charge in [-0.2, -0.15) is 0 Å². The first kappa shape index (κ1) is 14.8. The van der Waals surface area contributed by atoms with Gasteiger partial charge in [0.25, 0.3) is 0 Å². The van der Waals surface area contributed by atoms with Crippen LogP contribution in [0.1, 0.15) is 31.9 Å². The van der Waals surface area contributed by atoms with Gasteiger partial charge in [0.15, 0.2) is 0 Å². The molecule has 1 heterocycles. The number of hydrogen-bond donors (Lipinski definition) is 1. The first-order valence-electron chi connectivity index (χ1n) is 6.66. The van der Waals surface area contributed by atoms with Crippen LogP contribution in [0.3, 0.4) is 0 Å². The highest BCUT2D eigenvalue weighted by molar-refractivity contribution is 6.81. The molecule has 2 nitrogen and oxygen atoms in total. The van der Waals surface area contributed by atoms with Crippen LogP contribution in [0.2, 0.25) is 19.6 Å². The van der Waals surface area contributed by atoms with Gasteiger partial charge in [-0.25, -0.2) is 0 Å². The van der Waals surface area contributed by atoms with Gasteiger partial charge in [0.2, 0.25) is 0 Å². The Kier molecular flexibility index (Phi) is 5.47. The van der Waals surface area contributed by atoms with E-state index in [0.29, 0.717) is 5.71 Å². The average molecular weight is 260 g/mol. The van der Waals surface area contributed by atoms with Crippen LogP contribution >= 0.6 is 0 Å². The second kappa shape index (κ2) is 6.64. The molecule has 0 radical (unpaired) electrons. The molecular weight excluding hydrogens is 236 g/mol. The lowest BCUT2D eigenvalue weighted by Gasteiger charge is -2.15. The molecule has 1 rings (SSSR count). The number of nitrogens with zero attached hydrogens (tertiary/aromatic N) is 1. The molecule has 0 spiro atoms. The van der Waals surface area contributed by atoms with Crippen LogP contribution in [-0.2, 0) is 0 Å². The Bertz CT molecular complexity index is 416. The number of aromatic nitrogens is 1. The van der Waals surface area contributed by atoms with Crippen molar-refractivity contribution in [2.75, 3.05) is 0 Å². The van der Waals surface area contributed by atoms with Crippen LogP contribution < -0.4 is 0 Å². The molecular formula is C15H24N2Si. The highest BCUT2D eigenvalue weighted by atomic mass is 28.3. The van der Waals surface area contributed by atoms with Crippen molar-refractivity contribution in [1.29, 1.82) is 5.41 Å². The maximum absolute atomic E-state index is 8.34. The topological polar surface area (TPSA) is 36.7 Å². The summed E-state index contributed by atoms with van der Waals surface area (Å²) >= 11 is 0. The Morgan fingerprint density at radius 1 is 1.33 bits per heavy atom. The van der Waals surface area contributed by atoms with Crippen molar-refractivity contribution >= 4 is 13.8 Å². The summed E-state index contributed by atoms with van der Waals surface area (Å²) in [5, 5.41) is 8.34. The number of nitrogens with one attached hydrogen (secondary N) is 1. The van der Waals surface area contributed by atoms with Gasteiger partial charge in [-0.1, -0.05) is 44.8 Å². The monoisotopic (exact) mass is 260 g/mol. The lowest BCUT2D eigenvalue weighted by Crippen LogP contribution is -2.19. The van der Waals surface area contributed by atoms with Crippen LogP contribution in [0.4, 0.5) is 0 Å². The number of unbranched alkanes of at least 4 members (excludes halogenated alkanes) is 1. The summed E-state index contributed by atoms with van der Waals surface area (Å²) in [4.78, 5) is 4.29. The van der Waals surface area contributed by atoms with E-state index >= 15 is 0 Å². The summed E-state index contributed by atoms with van der Waals surface area (Å²) < 4.78 is 0. The van der Waals surface area contributed by atoms with Gasteiger partial charge in [-0.3, -0.25) is 10.4 Å². The van der Waals surface area contributed by atoms with E-state index in [1.807, 2.05) is 18.2 Å². The molecule has 0 saturated heterocycles. The van der Waals surface area contributed by atoms with Crippen LogP contribution in [-0.4, -0.2) is 18.8 Å².